The zero-order chi connectivity index (χ0) is 22.0. The van der Waals surface area contributed by atoms with Crippen LogP contribution in [0.4, 0.5) is 33.5 Å². The lowest BCUT2D eigenvalue weighted by atomic mass is 10.1. The Morgan fingerprint density at radius 1 is 1.00 bits per heavy atom. The first-order valence-electron chi connectivity index (χ1n) is 8.98. The van der Waals surface area contributed by atoms with Crippen molar-refractivity contribution in [1.82, 2.24) is 20.2 Å². The highest BCUT2D eigenvalue weighted by Gasteiger charge is 2.32. The number of alkyl halides is 5. The van der Waals surface area contributed by atoms with Gasteiger partial charge in [0.1, 0.15) is 0 Å². The third kappa shape index (κ3) is 4.39. The Hall–Kier alpha value is -3.76. The van der Waals surface area contributed by atoms with E-state index >= 15 is 0 Å². The molecule has 1 aliphatic rings. The Morgan fingerprint density at radius 3 is 2.55 bits per heavy atom. The van der Waals surface area contributed by atoms with E-state index in [0.29, 0.717) is 17.5 Å². The quantitative estimate of drug-likeness (QED) is 0.582. The molecule has 0 amide bonds. The van der Waals surface area contributed by atoms with Crippen molar-refractivity contribution in [3.63, 3.8) is 0 Å². The van der Waals surface area contributed by atoms with Crippen LogP contribution in [-0.4, -0.2) is 32.3 Å². The summed E-state index contributed by atoms with van der Waals surface area (Å²) in [4.78, 5) is 12.6. The van der Waals surface area contributed by atoms with E-state index in [0.717, 1.165) is 12.1 Å². The van der Waals surface area contributed by atoms with Gasteiger partial charge in [-0.05, 0) is 36.8 Å². The molecular weight excluding hydrogens is 419 g/mol. The van der Waals surface area contributed by atoms with Gasteiger partial charge in [0, 0.05) is 23.4 Å². The number of anilines is 2. The molecule has 0 unspecified atom stereocenters. The smallest absolute Gasteiger partial charge is 0.338 e. The third-order valence-corrected chi connectivity index (χ3v) is 4.36. The summed E-state index contributed by atoms with van der Waals surface area (Å²) in [6.07, 6.45) is -1.04. The largest absolute Gasteiger partial charge is 0.435 e. The summed E-state index contributed by atoms with van der Waals surface area (Å²) < 4.78 is 64.8. The summed E-state index contributed by atoms with van der Waals surface area (Å²) in [6.45, 7) is 0. The highest BCUT2D eigenvalue weighted by atomic mass is 19.4. The monoisotopic (exact) mass is 432 g/mol. The molecule has 0 aliphatic carbocycles. The minimum absolute atomic E-state index is 0.0550. The Bertz CT molecular complexity index is 1200. The van der Waals surface area contributed by atoms with Crippen LogP contribution in [0.2, 0.25) is 0 Å². The average Bonchev–Trinajstić information content (AvgIpc) is 3.00. The fourth-order valence-electron chi connectivity index (χ4n) is 2.92. The second kappa shape index (κ2) is 8.17. The summed E-state index contributed by atoms with van der Waals surface area (Å²) in [5, 5.41) is 10.1. The number of nitrogens with zero attached hydrogens (tertiary/aromatic N) is 5. The number of rotatable bonds is 4. The highest BCUT2D eigenvalue weighted by molar-refractivity contribution is 6.13. The van der Waals surface area contributed by atoms with Crippen LogP contribution in [0.5, 0.6) is 0 Å². The van der Waals surface area contributed by atoms with Crippen molar-refractivity contribution >= 4 is 28.3 Å². The van der Waals surface area contributed by atoms with Crippen molar-refractivity contribution in [3.05, 3.63) is 71.8 Å². The summed E-state index contributed by atoms with van der Waals surface area (Å²) >= 11 is 0. The first-order valence-corrected chi connectivity index (χ1v) is 8.98. The van der Waals surface area contributed by atoms with E-state index in [1.807, 2.05) is 0 Å². The van der Waals surface area contributed by atoms with Crippen LogP contribution in [0.3, 0.4) is 0 Å². The molecule has 0 atom stereocenters. The fraction of sp³-hybridized carbons (Fsp3) is 0.150. The van der Waals surface area contributed by atoms with Crippen LogP contribution >= 0.6 is 0 Å². The average molecular weight is 432 g/mol. The van der Waals surface area contributed by atoms with Crippen molar-refractivity contribution < 1.29 is 22.0 Å². The maximum Gasteiger partial charge on any atom is 0.435 e. The number of halogens is 5. The number of aliphatic imine (C=N–C) groups is 1. The molecule has 3 aromatic rings. The van der Waals surface area contributed by atoms with E-state index in [-0.39, 0.29) is 28.4 Å². The molecule has 0 fully saturated rings. The first-order chi connectivity index (χ1) is 14.8. The molecule has 158 valence electrons. The van der Waals surface area contributed by atoms with Crippen molar-refractivity contribution in [2.75, 3.05) is 5.32 Å². The van der Waals surface area contributed by atoms with E-state index in [2.05, 4.69) is 30.5 Å². The molecule has 4 rings (SSSR count). The Labute approximate surface area is 172 Å². The number of hydrogen-bond acceptors (Lipinski definition) is 6. The number of fused-ring (bicyclic) bond motifs is 1. The van der Waals surface area contributed by atoms with Gasteiger partial charge in [0.2, 0.25) is 0 Å². The van der Waals surface area contributed by atoms with Gasteiger partial charge in [-0.25, -0.2) is 18.7 Å². The van der Waals surface area contributed by atoms with E-state index in [1.54, 1.807) is 18.2 Å². The molecule has 1 aliphatic heterocycles. The molecule has 0 aromatic carbocycles. The summed E-state index contributed by atoms with van der Waals surface area (Å²) in [5.74, 6) is 0.0887. The van der Waals surface area contributed by atoms with Crippen LogP contribution < -0.4 is 5.32 Å². The molecule has 11 heteroatoms. The van der Waals surface area contributed by atoms with E-state index < -0.39 is 18.3 Å². The Balaban J connectivity index is 1.67. The van der Waals surface area contributed by atoms with Crippen LogP contribution in [-0.2, 0) is 6.18 Å². The number of allylic oxidation sites excluding steroid dienone is 3. The molecule has 3 aromatic heterocycles. The van der Waals surface area contributed by atoms with Crippen LogP contribution in [0.1, 0.15) is 17.8 Å². The second-order valence-electron chi connectivity index (χ2n) is 6.41. The number of nitrogens with one attached hydrogen (secondary N) is 1. The molecular formula is C20H13F5N6. The molecule has 0 bridgehead atoms. The predicted molar refractivity (Wildman–Crippen MR) is 104 cm³/mol. The maximum absolute atomic E-state index is 13.4. The van der Waals surface area contributed by atoms with Crippen molar-refractivity contribution in [2.45, 2.75) is 19.0 Å². The van der Waals surface area contributed by atoms with Gasteiger partial charge in [0.15, 0.2) is 17.2 Å². The molecule has 4 heterocycles. The van der Waals surface area contributed by atoms with Gasteiger partial charge in [0.25, 0.3) is 6.43 Å². The van der Waals surface area contributed by atoms with Crippen LogP contribution in [0, 0.1) is 0 Å². The van der Waals surface area contributed by atoms with E-state index in [1.165, 1.54) is 24.5 Å². The van der Waals surface area contributed by atoms with Gasteiger partial charge in [0.05, 0.1) is 17.1 Å². The first kappa shape index (κ1) is 20.5. The standard InChI is InChI=1S/C20H13F5N6/c21-18(22)12-3-1-2-9-26-17(12)14-5-4-11-13(8-10-27-19(11)29-14)28-16-7-6-15(30-31-16)20(23,24)25/h2-10,18H,1H2,(H,27,28,29,31). The van der Waals surface area contributed by atoms with Crippen molar-refractivity contribution in [3.8, 4) is 0 Å². The topological polar surface area (TPSA) is 76.0 Å². The highest BCUT2D eigenvalue weighted by Crippen LogP contribution is 2.29. The van der Waals surface area contributed by atoms with Gasteiger partial charge in [-0.2, -0.15) is 13.2 Å². The molecule has 31 heavy (non-hydrogen) atoms. The van der Waals surface area contributed by atoms with Gasteiger partial charge in [-0.1, -0.05) is 12.2 Å². The zero-order valence-electron chi connectivity index (χ0n) is 15.6. The van der Waals surface area contributed by atoms with Crippen molar-refractivity contribution in [1.29, 1.82) is 0 Å². The summed E-state index contributed by atoms with van der Waals surface area (Å²) in [7, 11) is 0. The minimum Gasteiger partial charge on any atom is -0.338 e. The minimum atomic E-state index is -4.59. The summed E-state index contributed by atoms with van der Waals surface area (Å²) in [6, 6.07) is 6.69. The van der Waals surface area contributed by atoms with Gasteiger partial charge >= 0.3 is 6.18 Å². The fourth-order valence-corrected chi connectivity index (χ4v) is 2.92. The van der Waals surface area contributed by atoms with E-state index in [9.17, 15) is 22.0 Å². The summed E-state index contributed by atoms with van der Waals surface area (Å²) in [5.41, 5.74) is -0.336. The molecule has 1 N–H and O–H groups in total. The normalized spacial score (nSPS) is 14.4. The van der Waals surface area contributed by atoms with Gasteiger partial charge in [-0.3, -0.25) is 4.99 Å². The van der Waals surface area contributed by atoms with Crippen LogP contribution in [0.15, 0.2) is 65.4 Å². The Morgan fingerprint density at radius 2 is 1.84 bits per heavy atom. The predicted octanol–water partition coefficient (Wildman–Crippen LogP) is 5.08. The number of hydrogen-bond donors (Lipinski definition) is 1. The lowest BCUT2D eigenvalue weighted by Gasteiger charge is -2.12. The van der Waals surface area contributed by atoms with Crippen LogP contribution in [0.25, 0.3) is 11.0 Å². The van der Waals surface area contributed by atoms with E-state index in [4.69, 9.17) is 0 Å². The van der Waals surface area contributed by atoms with Gasteiger partial charge in [-0.15, -0.1) is 10.2 Å². The second-order valence-corrected chi connectivity index (χ2v) is 6.41. The molecule has 0 saturated carbocycles. The maximum atomic E-state index is 13.4. The third-order valence-electron chi connectivity index (χ3n) is 4.36. The van der Waals surface area contributed by atoms with Gasteiger partial charge < -0.3 is 5.32 Å². The molecule has 0 spiro atoms. The lowest BCUT2D eigenvalue weighted by molar-refractivity contribution is -0.141. The lowest BCUT2D eigenvalue weighted by Crippen LogP contribution is -2.13. The molecule has 0 radical (unpaired) electrons. The number of aromatic nitrogens is 4. The molecule has 6 nitrogen and oxygen atoms in total. The Kier molecular flexibility index (Phi) is 5.40. The zero-order valence-corrected chi connectivity index (χ0v) is 15.6. The van der Waals surface area contributed by atoms with Crippen molar-refractivity contribution in [2.24, 2.45) is 4.99 Å². The SMILES string of the molecule is FC(F)C1=CCC=CN=C1c1ccc2c(Nc3ccc(C(F)(F)F)nn3)ccnc2n1. The number of pyridine rings is 2. The molecule has 0 saturated heterocycles.